The molecule has 0 radical (unpaired) electrons. The van der Waals surface area contributed by atoms with Crippen molar-refractivity contribution in [2.45, 2.75) is 47.5 Å². The normalized spacial score (nSPS) is 25.0. The minimum atomic E-state index is -4.12. The van der Waals surface area contributed by atoms with E-state index in [1.54, 1.807) is 0 Å². The van der Waals surface area contributed by atoms with Gasteiger partial charge in [0.1, 0.15) is 16.3 Å². The molecule has 7 nitrogen and oxygen atoms in total. The number of halogens is 5. The first-order chi connectivity index (χ1) is 18.8. The molecule has 1 heterocycles. The van der Waals surface area contributed by atoms with Crippen LogP contribution < -0.4 is 5.32 Å². The Balaban J connectivity index is 1.40. The van der Waals surface area contributed by atoms with E-state index in [4.69, 9.17) is 11.6 Å². The van der Waals surface area contributed by atoms with E-state index in [2.05, 4.69) is 26.2 Å². The first-order valence-electron chi connectivity index (χ1n) is 12.3. The first-order valence-corrected chi connectivity index (χ1v) is 15.1. The van der Waals surface area contributed by atoms with E-state index >= 15 is 0 Å². The van der Waals surface area contributed by atoms with E-state index in [1.165, 1.54) is 24.4 Å². The number of aliphatic hydroxyl groups excluding tert-OH is 1. The highest BCUT2D eigenvalue weighted by atomic mass is 79.9. The Morgan fingerprint density at radius 2 is 1.75 bits per heavy atom. The number of carbonyl (C=O) groups is 1. The maximum Gasteiger partial charge on any atom is 0.255 e. The van der Waals surface area contributed by atoms with E-state index in [0.29, 0.717) is 12.8 Å². The molecule has 1 amide bonds. The van der Waals surface area contributed by atoms with Crippen LogP contribution >= 0.6 is 27.5 Å². The van der Waals surface area contributed by atoms with Crippen molar-refractivity contribution in [3.8, 4) is 0 Å². The van der Waals surface area contributed by atoms with E-state index in [0.717, 1.165) is 24.3 Å². The van der Waals surface area contributed by atoms with E-state index in [-0.39, 0.29) is 44.2 Å². The lowest BCUT2D eigenvalue weighted by atomic mass is 9.69. The van der Waals surface area contributed by atoms with Crippen LogP contribution in [0.2, 0.25) is 5.02 Å². The van der Waals surface area contributed by atoms with Crippen molar-refractivity contribution in [2.75, 3.05) is 5.32 Å². The molecule has 3 aromatic rings. The monoisotopic (exact) mass is 658 g/mol. The van der Waals surface area contributed by atoms with Crippen molar-refractivity contribution < 1.29 is 36.6 Å². The number of aliphatic hydroxyl groups is 2. The second-order valence-electron chi connectivity index (χ2n) is 10.1. The second-order valence-corrected chi connectivity index (χ2v) is 13.5. The van der Waals surface area contributed by atoms with Crippen molar-refractivity contribution in [2.24, 2.45) is 11.8 Å². The number of hydrogen-bond donors (Lipinski definition) is 3. The Morgan fingerprint density at radius 3 is 2.40 bits per heavy atom. The fourth-order valence-electron chi connectivity index (χ4n) is 5.95. The van der Waals surface area contributed by atoms with Crippen LogP contribution in [0, 0.1) is 29.3 Å². The van der Waals surface area contributed by atoms with Gasteiger partial charge >= 0.3 is 0 Å². The lowest BCUT2D eigenvalue weighted by molar-refractivity contribution is -0.145. The third-order valence-corrected chi connectivity index (χ3v) is 11.2. The van der Waals surface area contributed by atoms with Crippen LogP contribution in [0.15, 0.2) is 58.2 Å². The zero-order chi connectivity index (χ0) is 29.0. The lowest BCUT2D eigenvalue weighted by Crippen LogP contribution is -2.52. The quantitative estimate of drug-likeness (QED) is 0.297. The zero-order valence-corrected chi connectivity index (χ0v) is 23.8. The second kappa shape index (κ2) is 10.7. The van der Waals surface area contributed by atoms with Crippen LogP contribution in [0.5, 0.6) is 0 Å². The average molecular weight is 660 g/mol. The summed E-state index contributed by atoms with van der Waals surface area (Å²) in [5, 5.41) is 24.0. The smallest absolute Gasteiger partial charge is 0.255 e. The molecule has 40 heavy (non-hydrogen) atoms. The van der Waals surface area contributed by atoms with Crippen LogP contribution in [0.25, 0.3) is 0 Å². The number of fused-ring (bicyclic) bond motifs is 2. The largest absolute Gasteiger partial charge is 0.386 e. The van der Waals surface area contributed by atoms with Crippen molar-refractivity contribution in [1.82, 2.24) is 4.98 Å². The minimum Gasteiger partial charge on any atom is -0.386 e. The molecule has 2 saturated carbocycles. The van der Waals surface area contributed by atoms with Crippen LogP contribution in [0.4, 0.5) is 18.9 Å². The summed E-state index contributed by atoms with van der Waals surface area (Å²) in [7, 11) is -4.12. The third-order valence-electron chi connectivity index (χ3n) is 7.99. The van der Waals surface area contributed by atoms with Crippen LogP contribution in [-0.4, -0.2) is 40.4 Å². The summed E-state index contributed by atoms with van der Waals surface area (Å²) in [5.74, 6) is -5.10. The molecular weight excluding hydrogens is 637 g/mol. The Labute approximate surface area is 241 Å². The highest BCUT2D eigenvalue weighted by molar-refractivity contribution is 9.10. The van der Waals surface area contributed by atoms with Gasteiger partial charge in [0.2, 0.25) is 0 Å². The molecule has 2 aromatic carbocycles. The van der Waals surface area contributed by atoms with Crippen LogP contribution in [-0.2, 0) is 9.84 Å². The molecule has 3 N–H and O–H groups in total. The minimum absolute atomic E-state index is 0.0120. The molecule has 4 unspecified atom stereocenters. The van der Waals surface area contributed by atoms with Crippen molar-refractivity contribution in [3.63, 3.8) is 0 Å². The predicted molar refractivity (Wildman–Crippen MR) is 144 cm³/mol. The van der Waals surface area contributed by atoms with Gasteiger partial charge in [-0.3, -0.25) is 4.79 Å². The molecule has 2 aliphatic carbocycles. The maximum atomic E-state index is 14.7. The fourth-order valence-corrected chi connectivity index (χ4v) is 8.70. The number of aromatic nitrogens is 1. The first kappa shape index (κ1) is 29.0. The molecule has 2 aliphatic rings. The van der Waals surface area contributed by atoms with Crippen LogP contribution in [0.1, 0.15) is 47.7 Å². The Bertz CT molecular complexity index is 1590. The molecule has 0 aliphatic heterocycles. The molecule has 1 aromatic heterocycles. The number of nitrogens with zero attached hydrogens (tertiary/aromatic N) is 1. The number of sulfone groups is 1. The molecule has 13 heteroatoms. The van der Waals surface area contributed by atoms with E-state index < -0.39 is 62.0 Å². The standard InChI is InChI=1S/C27H23BrClF3N2O5S/c28-25-23(32)18(7-8-33-25)24(35)27(37)14-2-3-15(27)11-17(10-14)40(38,39)22-9-13(1-5-19(22)29)26(36)34-16-4-6-20(30)21(31)12-16/h1,4-9,12,14-15,17,24,35,37H,2-3,10-11H2,(H,34,36)/t14-,15?,17?,24?,27?/m0/s1. The number of rotatable bonds is 6. The number of hydrogen-bond acceptors (Lipinski definition) is 6. The SMILES string of the molecule is O=C(Nc1ccc(F)c(F)c1)c1ccc(Cl)c(S(=O)(=O)C2CC3CC[C@@H](C2)C3(O)C(O)c2ccnc(Br)c2F)c1. The number of anilines is 1. The summed E-state index contributed by atoms with van der Waals surface area (Å²) in [4.78, 5) is 16.3. The number of pyridine rings is 1. The van der Waals surface area contributed by atoms with Gasteiger partial charge in [-0.15, -0.1) is 0 Å². The summed E-state index contributed by atoms with van der Waals surface area (Å²) in [6.07, 6.45) is 0.541. The summed E-state index contributed by atoms with van der Waals surface area (Å²) in [5.41, 5.74) is -1.98. The van der Waals surface area contributed by atoms with Gasteiger partial charge in [-0.1, -0.05) is 11.6 Å². The average Bonchev–Trinajstić information content (AvgIpc) is 3.07. The van der Waals surface area contributed by atoms with Gasteiger partial charge in [0, 0.05) is 29.1 Å². The third kappa shape index (κ3) is 4.94. The van der Waals surface area contributed by atoms with E-state index in [9.17, 15) is 36.6 Å². The van der Waals surface area contributed by atoms with Crippen LogP contribution in [0.3, 0.4) is 0 Å². The molecule has 2 bridgehead atoms. The highest BCUT2D eigenvalue weighted by Gasteiger charge is 2.59. The Kier molecular flexibility index (Phi) is 7.77. The topological polar surface area (TPSA) is 117 Å². The maximum absolute atomic E-state index is 14.7. The van der Waals surface area contributed by atoms with Gasteiger partial charge in [-0.2, -0.15) is 0 Å². The lowest BCUT2D eigenvalue weighted by Gasteiger charge is -2.45. The van der Waals surface area contributed by atoms with Gasteiger partial charge in [-0.25, -0.2) is 26.6 Å². The fraction of sp³-hybridized carbons (Fsp3) is 0.333. The zero-order valence-electron chi connectivity index (χ0n) is 20.6. The number of amides is 1. The van der Waals surface area contributed by atoms with Crippen molar-refractivity contribution in [3.05, 3.63) is 86.9 Å². The Morgan fingerprint density at radius 1 is 1.07 bits per heavy atom. The van der Waals surface area contributed by atoms with Crippen molar-refractivity contribution in [1.29, 1.82) is 0 Å². The molecule has 0 saturated heterocycles. The van der Waals surface area contributed by atoms with Gasteiger partial charge < -0.3 is 15.5 Å². The number of nitrogens with one attached hydrogen (secondary N) is 1. The van der Waals surface area contributed by atoms with E-state index in [1.807, 2.05) is 0 Å². The summed E-state index contributed by atoms with van der Waals surface area (Å²) >= 11 is 9.25. The number of benzene rings is 2. The van der Waals surface area contributed by atoms with Gasteiger partial charge in [0.05, 0.1) is 15.2 Å². The molecule has 5 rings (SSSR count). The highest BCUT2D eigenvalue weighted by Crippen LogP contribution is 2.57. The molecule has 0 spiro atoms. The van der Waals surface area contributed by atoms with Gasteiger partial charge in [-0.05, 0) is 89.8 Å². The molecule has 2 fully saturated rings. The summed E-state index contributed by atoms with van der Waals surface area (Å²) < 4.78 is 68.9. The summed E-state index contributed by atoms with van der Waals surface area (Å²) in [6, 6.07) is 7.77. The molecule has 5 atom stereocenters. The van der Waals surface area contributed by atoms with Gasteiger partial charge in [0.15, 0.2) is 27.3 Å². The van der Waals surface area contributed by atoms with Crippen molar-refractivity contribution >= 4 is 49.0 Å². The predicted octanol–water partition coefficient (Wildman–Crippen LogP) is 5.59. The molecular formula is C27H23BrClF3N2O5S. The number of carbonyl (C=O) groups excluding carboxylic acids is 1. The summed E-state index contributed by atoms with van der Waals surface area (Å²) in [6.45, 7) is 0. The Hall–Kier alpha value is -2.51. The van der Waals surface area contributed by atoms with Gasteiger partial charge in [0.25, 0.3) is 5.91 Å². The molecule has 212 valence electrons.